The van der Waals surface area contributed by atoms with Gasteiger partial charge < -0.3 is 14.2 Å². The first-order valence-corrected chi connectivity index (χ1v) is 10.4. The first-order chi connectivity index (χ1) is 14.4. The van der Waals surface area contributed by atoms with Gasteiger partial charge in [0.05, 0.1) is 19.8 Å². The van der Waals surface area contributed by atoms with Gasteiger partial charge in [-0.3, -0.25) is 10.5 Å². The fraction of sp³-hybridized carbons (Fsp3) is 0.400. The van der Waals surface area contributed by atoms with Crippen LogP contribution < -0.4 is 24.6 Å². The zero-order chi connectivity index (χ0) is 21.8. The van der Waals surface area contributed by atoms with Crippen molar-refractivity contribution in [2.24, 2.45) is 0 Å². The predicted molar refractivity (Wildman–Crippen MR) is 114 cm³/mol. The summed E-state index contributed by atoms with van der Waals surface area (Å²) in [6.07, 6.45) is 1.83. The molecule has 0 fully saturated rings. The first kappa shape index (κ1) is 21.8. The average molecular weight is 479 g/mol. The molecule has 2 N–H and O–H groups in total. The van der Waals surface area contributed by atoms with E-state index in [9.17, 15) is 4.79 Å². The van der Waals surface area contributed by atoms with Crippen molar-refractivity contribution < 1.29 is 23.7 Å². The summed E-state index contributed by atoms with van der Waals surface area (Å²) >= 11 is 3.39. The third-order valence-corrected chi connectivity index (χ3v) is 5.19. The molecule has 0 bridgehead atoms. The van der Waals surface area contributed by atoms with E-state index in [1.807, 2.05) is 0 Å². The summed E-state index contributed by atoms with van der Waals surface area (Å²) in [6.45, 7) is 4.03. The summed E-state index contributed by atoms with van der Waals surface area (Å²) in [7, 11) is 3.00. The predicted octanol–water partition coefficient (Wildman–Crippen LogP) is 2.83. The van der Waals surface area contributed by atoms with E-state index in [0.717, 1.165) is 12.8 Å². The van der Waals surface area contributed by atoms with Crippen LogP contribution in [0.2, 0.25) is 0 Å². The van der Waals surface area contributed by atoms with Crippen LogP contribution in [0.1, 0.15) is 37.0 Å². The minimum absolute atomic E-state index is 0.0763. The Morgan fingerprint density at radius 1 is 1.23 bits per heavy atom. The SMILES string of the molecule is CCC(CC)Oc1ccc2n[n+](CC(=O)c3cc(Br)cc(OC)c3OC)c(N)n2n1. The number of carbonyl (C=O) groups is 1. The van der Waals surface area contributed by atoms with Crippen molar-refractivity contribution in [3.05, 3.63) is 34.3 Å². The molecule has 0 radical (unpaired) electrons. The van der Waals surface area contributed by atoms with Gasteiger partial charge in [-0.05, 0) is 25.0 Å². The Kier molecular flexibility index (Phi) is 6.76. The van der Waals surface area contributed by atoms with Crippen LogP contribution >= 0.6 is 15.9 Å². The van der Waals surface area contributed by atoms with Gasteiger partial charge in [0, 0.05) is 16.6 Å². The number of halogens is 1. The number of aromatic nitrogens is 4. The van der Waals surface area contributed by atoms with Crippen LogP contribution in [0.3, 0.4) is 0 Å². The number of nitrogens with zero attached hydrogens (tertiary/aromatic N) is 4. The summed E-state index contributed by atoms with van der Waals surface area (Å²) in [5, 5.41) is 8.80. The fourth-order valence-electron chi connectivity index (χ4n) is 3.09. The highest BCUT2D eigenvalue weighted by Crippen LogP contribution is 2.34. The Morgan fingerprint density at radius 3 is 2.60 bits per heavy atom. The van der Waals surface area contributed by atoms with E-state index < -0.39 is 0 Å². The van der Waals surface area contributed by atoms with Gasteiger partial charge in [-0.2, -0.15) is 0 Å². The Morgan fingerprint density at radius 2 is 1.97 bits per heavy atom. The number of carbonyl (C=O) groups excluding carboxylic acids is 1. The summed E-state index contributed by atoms with van der Waals surface area (Å²) in [5.41, 5.74) is 7.08. The maximum Gasteiger partial charge on any atom is 0.401 e. The molecule has 2 aromatic heterocycles. The largest absolute Gasteiger partial charge is 0.493 e. The van der Waals surface area contributed by atoms with Gasteiger partial charge in [0.15, 0.2) is 18.0 Å². The number of anilines is 1. The van der Waals surface area contributed by atoms with E-state index in [1.165, 1.54) is 23.4 Å². The van der Waals surface area contributed by atoms with E-state index in [1.54, 1.807) is 24.3 Å². The number of Topliss-reactive ketones (excluding diaryl/α,β-unsaturated/α-hetero) is 1. The molecule has 3 rings (SSSR count). The summed E-state index contributed by atoms with van der Waals surface area (Å²) < 4.78 is 20.1. The number of hydrogen-bond acceptors (Lipinski definition) is 7. The highest BCUT2D eigenvalue weighted by atomic mass is 79.9. The first-order valence-electron chi connectivity index (χ1n) is 9.58. The molecule has 0 saturated heterocycles. The molecule has 160 valence electrons. The second-order valence-corrected chi connectivity index (χ2v) is 7.54. The molecular weight excluding hydrogens is 454 g/mol. The standard InChI is InChI=1S/C20H24BrN5O4/c1-5-13(6-2)30-18-8-7-17-23-25(20(22)26(17)24-18)11-15(27)14-9-12(21)10-16(28-3)19(14)29-4/h7-10,13,22H,5-6,11H2,1-4H3/p+1. The Labute approximate surface area is 182 Å². The quantitative estimate of drug-likeness (QED) is 0.372. The van der Waals surface area contributed by atoms with Crippen LogP contribution in [0.25, 0.3) is 5.65 Å². The van der Waals surface area contributed by atoms with Crippen molar-refractivity contribution in [1.82, 2.24) is 14.7 Å². The maximum absolute atomic E-state index is 13.0. The fourth-order valence-corrected chi connectivity index (χ4v) is 3.53. The number of rotatable bonds is 9. The molecule has 0 unspecified atom stereocenters. The maximum atomic E-state index is 13.0. The van der Waals surface area contributed by atoms with E-state index >= 15 is 0 Å². The zero-order valence-corrected chi connectivity index (χ0v) is 19.0. The van der Waals surface area contributed by atoms with Crippen molar-refractivity contribution in [1.29, 1.82) is 0 Å². The van der Waals surface area contributed by atoms with Gasteiger partial charge in [-0.15, -0.1) is 4.68 Å². The number of nitrogens with two attached hydrogens (primary N) is 1. The van der Waals surface area contributed by atoms with E-state index in [0.29, 0.717) is 33.1 Å². The van der Waals surface area contributed by atoms with E-state index in [4.69, 9.17) is 19.9 Å². The van der Waals surface area contributed by atoms with Gasteiger partial charge in [0.2, 0.25) is 11.7 Å². The summed E-state index contributed by atoms with van der Waals surface area (Å²) in [6, 6.07) is 6.91. The van der Waals surface area contributed by atoms with Crippen molar-refractivity contribution in [2.75, 3.05) is 20.0 Å². The van der Waals surface area contributed by atoms with Gasteiger partial charge in [0.25, 0.3) is 5.65 Å². The normalized spacial score (nSPS) is 11.1. The van der Waals surface area contributed by atoms with Crippen LogP contribution in [0, 0.1) is 0 Å². The van der Waals surface area contributed by atoms with Crippen molar-refractivity contribution >= 4 is 33.3 Å². The lowest BCUT2D eigenvalue weighted by Gasteiger charge is -2.13. The summed E-state index contributed by atoms with van der Waals surface area (Å²) in [4.78, 5) is 13.0. The highest BCUT2D eigenvalue weighted by Gasteiger charge is 2.24. The molecule has 0 aliphatic heterocycles. The number of fused-ring (bicyclic) bond motifs is 1. The molecule has 0 amide bonds. The van der Waals surface area contributed by atoms with Crippen LogP contribution in [0.5, 0.6) is 17.4 Å². The Hall–Kier alpha value is -2.88. The molecule has 0 saturated carbocycles. The molecule has 30 heavy (non-hydrogen) atoms. The number of hydrogen-bond donors (Lipinski definition) is 1. The average Bonchev–Trinajstić information content (AvgIpc) is 3.06. The van der Waals surface area contributed by atoms with Crippen molar-refractivity contribution in [3.8, 4) is 17.4 Å². The molecule has 0 aliphatic rings. The van der Waals surface area contributed by atoms with Gasteiger partial charge in [-0.1, -0.05) is 44.5 Å². The topological polar surface area (TPSA) is 105 Å². The molecule has 2 heterocycles. The van der Waals surface area contributed by atoms with E-state index in [-0.39, 0.29) is 24.4 Å². The van der Waals surface area contributed by atoms with Crippen LogP contribution in [-0.2, 0) is 6.54 Å². The van der Waals surface area contributed by atoms with Crippen LogP contribution in [0.4, 0.5) is 5.95 Å². The lowest BCUT2D eigenvalue weighted by atomic mass is 10.1. The number of methoxy groups -OCH3 is 2. The molecular formula is C20H25BrN5O4+. The molecule has 1 aromatic carbocycles. The highest BCUT2D eigenvalue weighted by molar-refractivity contribution is 9.10. The number of benzene rings is 1. The number of nitrogen functional groups attached to an aromatic ring is 1. The summed E-state index contributed by atoms with van der Waals surface area (Å²) in [5.74, 6) is 1.24. The molecule has 0 atom stereocenters. The lowest BCUT2D eigenvalue weighted by Crippen LogP contribution is -2.42. The lowest BCUT2D eigenvalue weighted by molar-refractivity contribution is -0.723. The second-order valence-electron chi connectivity index (χ2n) is 6.63. The van der Waals surface area contributed by atoms with Crippen LogP contribution in [-0.4, -0.2) is 40.8 Å². The third kappa shape index (κ3) is 4.33. The molecule has 3 aromatic rings. The van der Waals surface area contributed by atoms with Gasteiger partial charge >= 0.3 is 5.95 Å². The zero-order valence-electron chi connectivity index (χ0n) is 17.4. The Bertz CT molecular complexity index is 1070. The van der Waals surface area contributed by atoms with Gasteiger partial charge in [-0.25, -0.2) is 0 Å². The second kappa shape index (κ2) is 9.29. The van der Waals surface area contributed by atoms with Crippen molar-refractivity contribution in [2.45, 2.75) is 39.3 Å². The van der Waals surface area contributed by atoms with Crippen molar-refractivity contribution in [3.63, 3.8) is 0 Å². The minimum atomic E-state index is -0.236. The third-order valence-electron chi connectivity index (χ3n) is 4.73. The molecule has 0 spiro atoms. The smallest absolute Gasteiger partial charge is 0.401 e. The molecule has 10 heteroatoms. The van der Waals surface area contributed by atoms with Gasteiger partial charge in [0.1, 0.15) is 6.10 Å². The number of ether oxygens (including phenoxy) is 3. The molecule has 9 nitrogen and oxygen atoms in total. The van der Waals surface area contributed by atoms with Crippen LogP contribution in [0.15, 0.2) is 28.7 Å². The molecule has 0 aliphatic carbocycles. The number of ketones is 1. The Balaban J connectivity index is 1.92. The monoisotopic (exact) mass is 478 g/mol. The minimum Gasteiger partial charge on any atom is -0.493 e. The van der Waals surface area contributed by atoms with E-state index in [2.05, 4.69) is 40.0 Å².